The topological polar surface area (TPSA) is 51.5 Å². The van der Waals surface area contributed by atoms with Crippen LogP contribution in [0.3, 0.4) is 0 Å². The second-order valence-corrected chi connectivity index (χ2v) is 9.85. The highest BCUT2D eigenvalue weighted by Gasteiger charge is 2.21. The molecule has 1 unspecified atom stereocenters. The summed E-state index contributed by atoms with van der Waals surface area (Å²) in [6.45, 7) is 2.56. The normalized spacial score (nSPS) is 17.6. The number of carbonyl (C=O) groups is 1. The van der Waals surface area contributed by atoms with E-state index in [-0.39, 0.29) is 5.92 Å². The molecular formula is C32H34N2O2. The van der Waals surface area contributed by atoms with E-state index in [0.29, 0.717) is 12.4 Å². The standard InChI is InChI=1S/C32H34N2O2/c1-2-28-16-14-27(21-33-28)24-15-17-31-25(20-24)10-7-11-29(34-31)22-36-30-12-6-8-23(19-30)18-26-9-4-3-5-13-32(26)35/h6-8,10,12,14-17,19-21,26H,2-5,9,11,13,18,22H2,1H3. The summed E-state index contributed by atoms with van der Waals surface area (Å²) in [5.74, 6) is 1.42. The molecule has 0 radical (unpaired) electrons. The van der Waals surface area contributed by atoms with E-state index in [4.69, 9.17) is 9.73 Å². The van der Waals surface area contributed by atoms with Crippen molar-refractivity contribution in [1.29, 1.82) is 0 Å². The van der Waals surface area contributed by atoms with Crippen LogP contribution in [0.25, 0.3) is 17.2 Å². The van der Waals surface area contributed by atoms with E-state index < -0.39 is 0 Å². The maximum Gasteiger partial charge on any atom is 0.136 e. The van der Waals surface area contributed by atoms with Gasteiger partial charge in [0.25, 0.3) is 0 Å². The molecule has 1 aliphatic carbocycles. The van der Waals surface area contributed by atoms with Crippen molar-refractivity contribution in [1.82, 2.24) is 4.98 Å². The maximum atomic E-state index is 12.4. The Morgan fingerprint density at radius 2 is 1.92 bits per heavy atom. The zero-order valence-corrected chi connectivity index (χ0v) is 21.1. The van der Waals surface area contributed by atoms with E-state index in [2.05, 4.69) is 66.5 Å². The minimum atomic E-state index is 0.154. The molecule has 1 atom stereocenters. The lowest BCUT2D eigenvalue weighted by molar-refractivity contribution is -0.122. The summed E-state index contributed by atoms with van der Waals surface area (Å²) < 4.78 is 6.15. The number of aryl methyl sites for hydroxylation is 1. The first-order chi connectivity index (χ1) is 17.7. The van der Waals surface area contributed by atoms with Gasteiger partial charge in [0, 0.05) is 41.8 Å². The number of carbonyl (C=O) groups excluding carboxylic acids is 1. The maximum absolute atomic E-state index is 12.4. The Morgan fingerprint density at radius 3 is 2.78 bits per heavy atom. The molecule has 1 aliphatic heterocycles. The van der Waals surface area contributed by atoms with Crippen LogP contribution >= 0.6 is 0 Å². The Hall–Kier alpha value is -3.53. The molecule has 1 saturated carbocycles. The van der Waals surface area contributed by atoms with Gasteiger partial charge in [-0.2, -0.15) is 0 Å². The fourth-order valence-corrected chi connectivity index (χ4v) is 5.06. The average Bonchev–Trinajstić information content (AvgIpc) is 3.25. The van der Waals surface area contributed by atoms with Crippen molar-refractivity contribution in [3.05, 3.63) is 83.7 Å². The van der Waals surface area contributed by atoms with E-state index >= 15 is 0 Å². The van der Waals surface area contributed by atoms with Gasteiger partial charge >= 0.3 is 0 Å². The molecule has 4 nitrogen and oxygen atoms in total. The van der Waals surface area contributed by atoms with Crippen LogP contribution in [0.4, 0.5) is 5.69 Å². The average molecular weight is 479 g/mol. The van der Waals surface area contributed by atoms with Crippen LogP contribution in [0.2, 0.25) is 0 Å². The summed E-state index contributed by atoms with van der Waals surface area (Å²) in [5.41, 5.74) is 7.61. The number of nitrogens with zero attached hydrogens (tertiary/aromatic N) is 2. The molecule has 2 aliphatic rings. The first kappa shape index (κ1) is 24.2. The Kier molecular flexibility index (Phi) is 7.70. The number of ether oxygens (including phenoxy) is 1. The fraction of sp³-hybridized carbons (Fsp3) is 0.344. The third kappa shape index (κ3) is 5.99. The fourth-order valence-electron chi connectivity index (χ4n) is 5.06. The number of hydrogen-bond acceptors (Lipinski definition) is 4. The van der Waals surface area contributed by atoms with Crippen molar-refractivity contribution in [2.24, 2.45) is 10.9 Å². The number of rotatable bonds is 7. The molecular weight excluding hydrogens is 444 g/mol. The monoisotopic (exact) mass is 478 g/mol. The quantitative estimate of drug-likeness (QED) is 0.329. The number of aliphatic imine (C=N–C) groups is 1. The molecule has 1 fully saturated rings. The minimum absolute atomic E-state index is 0.154. The van der Waals surface area contributed by atoms with Crippen LogP contribution in [0.15, 0.2) is 71.9 Å². The van der Waals surface area contributed by atoms with Gasteiger partial charge in [-0.1, -0.05) is 56.2 Å². The van der Waals surface area contributed by atoms with E-state index in [1.165, 1.54) is 12.0 Å². The molecule has 2 aromatic carbocycles. The lowest BCUT2D eigenvalue weighted by Crippen LogP contribution is -2.15. The van der Waals surface area contributed by atoms with Gasteiger partial charge in [0.1, 0.15) is 18.1 Å². The Morgan fingerprint density at radius 1 is 1.00 bits per heavy atom. The summed E-state index contributed by atoms with van der Waals surface area (Å²) in [4.78, 5) is 21.9. The van der Waals surface area contributed by atoms with Gasteiger partial charge in [0.15, 0.2) is 0 Å². The molecule has 0 spiro atoms. The molecule has 36 heavy (non-hydrogen) atoms. The number of aromatic nitrogens is 1. The van der Waals surface area contributed by atoms with Crippen molar-refractivity contribution < 1.29 is 9.53 Å². The summed E-state index contributed by atoms with van der Waals surface area (Å²) in [6, 6.07) is 18.8. The second-order valence-electron chi connectivity index (χ2n) is 9.85. The van der Waals surface area contributed by atoms with Crippen molar-refractivity contribution in [2.75, 3.05) is 6.61 Å². The molecule has 5 rings (SSSR count). The lowest BCUT2D eigenvalue weighted by Gasteiger charge is -2.14. The van der Waals surface area contributed by atoms with E-state index in [1.54, 1.807) is 0 Å². The summed E-state index contributed by atoms with van der Waals surface area (Å²) in [5, 5.41) is 0. The number of ketones is 1. The number of allylic oxidation sites excluding steroid dienone is 1. The Bertz CT molecular complexity index is 1270. The molecule has 0 saturated heterocycles. The summed E-state index contributed by atoms with van der Waals surface area (Å²) in [7, 11) is 0. The van der Waals surface area contributed by atoms with E-state index in [9.17, 15) is 4.79 Å². The highest BCUT2D eigenvalue weighted by atomic mass is 16.5. The summed E-state index contributed by atoms with van der Waals surface area (Å²) >= 11 is 0. The number of hydrogen-bond donors (Lipinski definition) is 0. The highest BCUT2D eigenvalue weighted by molar-refractivity contribution is 5.93. The smallest absolute Gasteiger partial charge is 0.136 e. The van der Waals surface area contributed by atoms with Crippen LogP contribution in [-0.4, -0.2) is 23.1 Å². The van der Waals surface area contributed by atoms with Crippen LogP contribution in [0.1, 0.15) is 62.3 Å². The van der Waals surface area contributed by atoms with Crippen molar-refractivity contribution in [2.45, 2.75) is 58.3 Å². The number of pyridine rings is 1. The van der Waals surface area contributed by atoms with Gasteiger partial charge in [0.05, 0.1) is 11.4 Å². The third-order valence-electron chi connectivity index (χ3n) is 7.19. The van der Waals surface area contributed by atoms with E-state index in [0.717, 1.165) is 84.5 Å². The number of Topliss-reactive ketones (excluding diaryl/α,β-unsaturated/α-hetero) is 1. The van der Waals surface area contributed by atoms with Gasteiger partial charge in [-0.15, -0.1) is 0 Å². The third-order valence-corrected chi connectivity index (χ3v) is 7.19. The van der Waals surface area contributed by atoms with Gasteiger partial charge < -0.3 is 4.74 Å². The molecule has 3 aromatic rings. The van der Waals surface area contributed by atoms with Crippen molar-refractivity contribution in [3.8, 4) is 16.9 Å². The van der Waals surface area contributed by atoms with Gasteiger partial charge in [0.2, 0.25) is 0 Å². The Labute approximate surface area is 214 Å². The molecule has 184 valence electrons. The van der Waals surface area contributed by atoms with Gasteiger partial charge in [-0.3, -0.25) is 14.8 Å². The van der Waals surface area contributed by atoms with Crippen molar-refractivity contribution in [3.63, 3.8) is 0 Å². The second kappa shape index (κ2) is 11.5. The lowest BCUT2D eigenvalue weighted by atomic mass is 9.91. The van der Waals surface area contributed by atoms with Crippen molar-refractivity contribution >= 4 is 23.3 Å². The van der Waals surface area contributed by atoms with Crippen LogP contribution in [0.5, 0.6) is 5.75 Å². The largest absolute Gasteiger partial charge is 0.488 e. The molecule has 0 amide bonds. The van der Waals surface area contributed by atoms with Crippen LogP contribution in [0, 0.1) is 5.92 Å². The number of benzene rings is 2. The molecule has 0 bridgehead atoms. The molecule has 2 heterocycles. The first-order valence-corrected chi connectivity index (χ1v) is 13.2. The molecule has 1 aromatic heterocycles. The SMILES string of the molecule is CCc1ccc(-c2ccc3c(c2)C=CCC(COc2cccc(CC4CCCCCC4=O)c2)=N3)cn1. The molecule has 4 heteroatoms. The predicted octanol–water partition coefficient (Wildman–Crippen LogP) is 7.57. The zero-order valence-electron chi connectivity index (χ0n) is 21.1. The minimum Gasteiger partial charge on any atom is -0.488 e. The van der Waals surface area contributed by atoms with Crippen LogP contribution in [-0.2, 0) is 17.6 Å². The van der Waals surface area contributed by atoms with Gasteiger partial charge in [-0.05, 0) is 67.1 Å². The number of fused-ring (bicyclic) bond motifs is 1. The van der Waals surface area contributed by atoms with Crippen LogP contribution < -0.4 is 4.74 Å². The summed E-state index contributed by atoms with van der Waals surface area (Å²) in [6.07, 6.45) is 13.9. The molecule has 0 N–H and O–H groups in total. The van der Waals surface area contributed by atoms with E-state index in [1.807, 2.05) is 18.3 Å². The predicted molar refractivity (Wildman–Crippen MR) is 147 cm³/mol. The highest BCUT2D eigenvalue weighted by Crippen LogP contribution is 2.30. The Balaban J connectivity index is 1.25. The van der Waals surface area contributed by atoms with Gasteiger partial charge in [-0.25, -0.2) is 0 Å². The first-order valence-electron chi connectivity index (χ1n) is 13.2. The zero-order chi connectivity index (χ0) is 24.7.